The molecule has 1 aliphatic rings. The minimum absolute atomic E-state index is 0.0691. The number of hydrogen-bond acceptors (Lipinski definition) is 11. The molecule has 43 heavy (non-hydrogen) atoms. The summed E-state index contributed by atoms with van der Waals surface area (Å²) in [5, 5.41) is 18.0. The van der Waals surface area contributed by atoms with Crippen LogP contribution in [0.4, 0.5) is 22.2 Å². The molecule has 1 aliphatic carbocycles. The molecular weight excluding hydrogens is 564 g/mol. The fraction of sp³-hybridized carbons (Fsp3) is 0.344. The second kappa shape index (κ2) is 15.6. The molecule has 0 N–H and O–H groups in total. The molecule has 0 radical (unpaired) electrons. The fourth-order valence-electron chi connectivity index (χ4n) is 4.12. The number of benzene rings is 2. The molecule has 224 valence electrons. The quantitative estimate of drug-likeness (QED) is 0.0993. The molecule has 0 spiro atoms. The van der Waals surface area contributed by atoms with Gasteiger partial charge in [-0.05, 0) is 61.4 Å². The van der Waals surface area contributed by atoms with E-state index in [-0.39, 0.29) is 11.9 Å². The monoisotopic (exact) mass is 600 g/mol. The van der Waals surface area contributed by atoms with E-state index in [9.17, 15) is 9.59 Å². The summed E-state index contributed by atoms with van der Waals surface area (Å²) in [5.74, 6) is -0.641. The Morgan fingerprint density at radius 3 is 2.35 bits per heavy atom. The molecule has 2 aromatic carbocycles. The summed E-state index contributed by atoms with van der Waals surface area (Å²) in [6.45, 7) is 11.3. The number of nitrogens with zero attached hydrogens (tertiary/aromatic N) is 6. The van der Waals surface area contributed by atoms with Gasteiger partial charge in [0.05, 0.1) is 46.7 Å². The molecule has 0 amide bonds. The van der Waals surface area contributed by atoms with Crippen LogP contribution in [0, 0.1) is 5.92 Å². The first kappa shape index (κ1) is 31.4. The van der Waals surface area contributed by atoms with Crippen LogP contribution in [-0.2, 0) is 31.9 Å². The normalized spacial score (nSPS) is 13.1. The maximum atomic E-state index is 11.8. The number of anilines is 1. The van der Waals surface area contributed by atoms with Gasteiger partial charge in [-0.25, -0.2) is 9.78 Å². The Hall–Kier alpha value is -4.51. The topological polar surface area (TPSA) is 118 Å². The summed E-state index contributed by atoms with van der Waals surface area (Å²) >= 11 is 1.46. The Labute approximate surface area is 255 Å². The average molecular weight is 601 g/mol. The first-order valence-electron chi connectivity index (χ1n) is 14.3. The van der Waals surface area contributed by atoms with Crippen LogP contribution in [0.15, 0.2) is 87.3 Å². The Bertz CT molecular complexity index is 1500. The van der Waals surface area contributed by atoms with Crippen molar-refractivity contribution in [2.24, 2.45) is 26.4 Å². The average Bonchev–Trinajstić information content (AvgIpc) is 3.60. The van der Waals surface area contributed by atoms with Crippen molar-refractivity contribution in [3.05, 3.63) is 83.0 Å². The zero-order valence-electron chi connectivity index (χ0n) is 24.7. The molecule has 0 saturated heterocycles. The van der Waals surface area contributed by atoms with Gasteiger partial charge in [-0.1, -0.05) is 43.9 Å². The van der Waals surface area contributed by atoms with Crippen LogP contribution in [-0.4, -0.2) is 43.2 Å². The summed E-state index contributed by atoms with van der Waals surface area (Å²) in [6, 6.07) is 15.5. The Morgan fingerprint density at radius 1 is 1.00 bits per heavy atom. The predicted molar refractivity (Wildman–Crippen MR) is 169 cm³/mol. The standard InChI is InChI=1S/C32H36N6O4S/c1-5-22(4)31(40)42-18-16-23-8-10-24(11-9-23)34-36-26-20-28-29(21-26)43-32(33-28)37-35-25-12-14-27(15-13-25)38(7-3)17-19-41-30(39)6-2/h6,8-15,21-22H,2,5,7,16-20H2,1,3-4H3/b36-34+,37-35+. The first-order valence-corrected chi connectivity index (χ1v) is 15.1. The molecule has 1 atom stereocenters. The predicted octanol–water partition coefficient (Wildman–Crippen LogP) is 7.93. The number of esters is 2. The van der Waals surface area contributed by atoms with E-state index >= 15 is 0 Å². The van der Waals surface area contributed by atoms with E-state index in [0.717, 1.165) is 57.9 Å². The van der Waals surface area contributed by atoms with Gasteiger partial charge >= 0.3 is 11.9 Å². The molecular formula is C32H36N6O4S. The maximum absolute atomic E-state index is 11.8. The lowest BCUT2D eigenvalue weighted by atomic mass is 10.1. The zero-order valence-corrected chi connectivity index (χ0v) is 25.5. The molecule has 0 aliphatic heterocycles. The molecule has 0 bridgehead atoms. The van der Waals surface area contributed by atoms with Crippen molar-refractivity contribution >= 4 is 51.5 Å². The summed E-state index contributed by atoms with van der Waals surface area (Å²) in [5.41, 5.74) is 5.31. The molecule has 1 heterocycles. The van der Waals surface area contributed by atoms with E-state index in [1.165, 1.54) is 11.3 Å². The first-order chi connectivity index (χ1) is 20.9. The summed E-state index contributed by atoms with van der Waals surface area (Å²) in [6.07, 6.45) is 5.18. The lowest BCUT2D eigenvalue weighted by molar-refractivity contribution is -0.147. The highest BCUT2D eigenvalue weighted by atomic mass is 32.1. The van der Waals surface area contributed by atoms with Crippen LogP contribution >= 0.6 is 11.3 Å². The van der Waals surface area contributed by atoms with Crippen molar-refractivity contribution < 1.29 is 19.1 Å². The highest BCUT2D eigenvalue weighted by Crippen LogP contribution is 2.35. The largest absolute Gasteiger partial charge is 0.465 e. The van der Waals surface area contributed by atoms with Crippen molar-refractivity contribution in [2.75, 3.05) is 31.2 Å². The van der Waals surface area contributed by atoms with Gasteiger partial charge < -0.3 is 14.4 Å². The van der Waals surface area contributed by atoms with Gasteiger partial charge in [-0.2, -0.15) is 10.2 Å². The van der Waals surface area contributed by atoms with Gasteiger partial charge in [-0.15, -0.1) is 10.2 Å². The number of carbonyl (C=O) groups excluding carboxylic acids is 2. The second-order valence-corrected chi connectivity index (χ2v) is 10.9. The lowest BCUT2D eigenvalue weighted by Gasteiger charge is -2.22. The highest BCUT2D eigenvalue weighted by molar-refractivity contribution is 7.16. The third kappa shape index (κ3) is 9.24. The van der Waals surface area contributed by atoms with E-state index in [0.29, 0.717) is 37.7 Å². The number of allylic oxidation sites excluding steroid dienone is 1. The number of azo groups is 2. The molecule has 11 heteroatoms. The van der Waals surface area contributed by atoms with Crippen molar-refractivity contribution in [3.63, 3.8) is 0 Å². The number of fused-ring (bicyclic) bond motifs is 1. The van der Waals surface area contributed by atoms with Gasteiger partial charge in [0.2, 0.25) is 5.13 Å². The second-order valence-electron chi connectivity index (χ2n) is 9.88. The molecule has 1 unspecified atom stereocenters. The molecule has 3 aromatic rings. The van der Waals surface area contributed by atoms with Gasteiger partial charge in [-0.3, -0.25) is 4.79 Å². The van der Waals surface area contributed by atoms with Crippen LogP contribution in [0.1, 0.15) is 43.3 Å². The Kier molecular flexibility index (Phi) is 11.4. The van der Waals surface area contributed by atoms with Gasteiger partial charge in [0.25, 0.3) is 0 Å². The number of ether oxygens (including phenoxy) is 2. The van der Waals surface area contributed by atoms with Crippen LogP contribution in [0.3, 0.4) is 0 Å². The van der Waals surface area contributed by atoms with Crippen LogP contribution < -0.4 is 4.90 Å². The van der Waals surface area contributed by atoms with Crippen LogP contribution in [0.2, 0.25) is 0 Å². The highest BCUT2D eigenvalue weighted by Gasteiger charge is 2.18. The third-order valence-corrected chi connectivity index (χ3v) is 7.79. The van der Waals surface area contributed by atoms with Gasteiger partial charge in [0, 0.05) is 31.1 Å². The summed E-state index contributed by atoms with van der Waals surface area (Å²) < 4.78 is 10.4. The number of aromatic nitrogens is 1. The molecule has 4 rings (SSSR count). The van der Waals surface area contributed by atoms with E-state index in [1.807, 2.05) is 75.4 Å². The number of carbonyl (C=O) groups is 2. The minimum Gasteiger partial charge on any atom is -0.465 e. The third-order valence-electron chi connectivity index (χ3n) is 6.86. The van der Waals surface area contributed by atoms with E-state index in [4.69, 9.17) is 9.47 Å². The fourth-order valence-corrected chi connectivity index (χ4v) is 4.98. The molecule has 0 fully saturated rings. The van der Waals surface area contributed by atoms with Gasteiger partial charge in [0.15, 0.2) is 0 Å². The van der Waals surface area contributed by atoms with Crippen molar-refractivity contribution in [1.82, 2.24) is 4.98 Å². The number of hydrogen-bond donors (Lipinski definition) is 0. The molecule has 1 aromatic heterocycles. The van der Waals surface area contributed by atoms with Crippen molar-refractivity contribution in [1.29, 1.82) is 0 Å². The van der Waals surface area contributed by atoms with Gasteiger partial charge in [0.1, 0.15) is 6.61 Å². The van der Waals surface area contributed by atoms with Crippen LogP contribution in [0.5, 0.6) is 0 Å². The Morgan fingerprint density at radius 2 is 1.70 bits per heavy atom. The maximum Gasteiger partial charge on any atom is 0.330 e. The van der Waals surface area contributed by atoms with E-state index < -0.39 is 5.97 Å². The molecule has 0 saturated carbocycles. The summed E-state index contributed by atoms with van der Waals surface area (Å²) in [7, 11) is 0. The van der Waals surface area contributed by atoms with E-state index in [2.05, 4.69) is 36.9 Å². The molecule has 10 nitrogen and oxygen atoms in total. The van der Waals surface area contributed by atoms with E-state index in [1.54, 1.807) is 0 Å². The smallest absolute Gasteiger partial charge is 0.330 e. The van der Waals surface area contributed by atoms with Crippen LogP contribution in [0.25, 0.3) is 6.08 Å². The SMILES string of the molecule is C=CC(=O)OCCN(CC)c1ccc(/N=N/c2nc3c(s2)C=C(/N=N/c2ccc(CCOC(=O)C(C)CC)cc2)C3)cc1. The number of likely N-dealkylation sites (N-methyl/N-ethyl adjacent to an activating group) is 1. The zero-order chi connectivity index (χ0) is 30.6. The minimum atomic E-state index is -0.423. The lowest BCUT2D eigenvalue weighted by Crippen LogP contribution is -2.27. The number of thiazole rings is 1. The van der Waals surface area contributed by atoms with Crippen molar-refractivity contribution in [3.8, 4) is 0 Å². The number of rotatable bonds is 15. The Balaban J connectivity index is 1.26. The van der Waals surface area contributed by atoms with Crippen molar-refractivity contribution in [2.45, 2.75) is 40.0 Å². The summed E-state index contributed by atoms with van der Waals surface area (Å²) in [4.78, 5) is 30.8.